The van der Waals surface area contributed by atoms with Crippen molar-refractivity contribution in [1.82, 2.24) is 4.90 Å². The van der Waals surface area contributed by atoms with Gasteiger partial charge in [0, 0.05) is 25.4 Å². The van der Waals surface area contributed by atoms with Gasteiger partial charge >= 0.3 is 5.97 Å². The Kier molecular flexibility index (Phi) is 4.46. The molecular formula is C18H23NO3. The lowest BCUT2D eigenvalue weighted by molar-refractivity contribution is -0.139. The maximum Gasteiger partial charge on any atom is 0.303 e. The Morgan fingerprint density at radius 2 is 1.77 bits per heavy atom. The van der Waals surface area contributed by atoms with Gasteiger partial charge < -0.3 is 10.0 Å². The largest absolute Gasteiger partial charge is 0.481 e. The fourth-order valence-electron chi connectivity index (χ4n) is 3.77. The average molecular weight is 301 g/mol. The number of hydrogen-bond donors (Lipinski definition) is 1. The summed E-state index contributed by atoms with van der Waals surface area (Å²) in [6.45, 7) is 1.43. The molecule has 1 aliphatic carbocycles. The van der Waals surface area contributed by atoms with Crippen LogP contribution >= 0.6 is 0 Å². The molecule has 1 fully saturated rings. The summed E-state index contributed by atoms with van der Waals surface area (Å²) in [5, 5.41) is 8.86. The van der Waals surface area contributed by atoms with E-state index in [0.717, 1.165) is 45.2 Å². The molecule has 118 valence electrons. The first-order valence-corrected chi connectivity index (χ1v) is 8.21. The van der Waals surface area contributed by atoms with E-state index in [1.54, 1.807) is 0 Å². The standard InChI is InChI=1S/C18H23NO3/c20-17(21)11-13-7-9-19(10-8-13)18(22)16-6-5-14-3-1-2-4-15(14)12-16/h1-4,13,16H,5-12H2,(H,20,21). The Hall–Kier alpha value is -1.84. The first kappa shape index (κ1) is 15.1. The summed E-state index contributed by atoms with van der Waals surface area (Å²) < 4.78 is 0. The molecular weight excluding hydrogens is 278 g/mol. The van der Waals surface area contributed by atoms with Gasteiger partial charge in [-0.05, 0) is 49.1 Å². The van der Waals surface area contributed by atoms with Gasteiger partial charge in [0.05, 0.1) is 0 Å². The second-order valence-electron chi connectivity index (χ2n) is 6.57. The van der Waals surface area contributed by atoms with Crippen molar-refractivity contribution in [3.8, 4) is 0 Å². The Bertz CT molecular complexity index is 561. The van der Waals surface area contributed by atoms with Crippen molar-refractivity contribution in [2.24, 2.45) is 11.8 Å². The lowest BCUT2D eigenvalue weighted by atomic mass is 9.82. The molecule has 0 spiro atoms. The topological polar surface area (TPSA) is 57.6 Å². The maximum atomic E-state index is 12.7. The first-order valence-electron chi connectivity index (χ1n) is 8.21. The number of nitrogens with zero attached hydrogens (tertiary/aromatic N) is 1. The number of likely N-dealkylation sites (tertiary alicyclic amines) is 1. The first-order chi connectivity index (χ1) is 10.6. The molecule has 1 aliphatic heterocycles. The average Bonchev–Trinajstić information content (AvgIpc) is 2.54. The quantitative estimate of drug-likeness (QED) is 0.933. The monoisotopic (exact) mass is 301 g/mol. The predicted octanol–water partition coefficient (Wildman–Crippen LogP) is 2.50. The van der Waals surface area contributed by atoms with Crippen LogP contribution in [0.25, 0.3) is 0 Å². The van der Waals surface area contributed by atoms with E-state index in [-0.39, 0.29) is 24.2 Å². The molecule has 0 saturated carbocycles. The highest BCUT2D eigenvalue weighted by Gasteiger charge is 2.31. The maximum absolute atomic E-state index is 12.7. The number of hydrogen-bond acceptors (Lipinski definition) is 2. The third-order valence-corrected chi connectivity index (χ3v) is 5.09. The summed E-state index contributed by atoms with van der Waals surface area (Å²) in [6.07, 6.45) is 4.65. The van der Waals surface area contributed by atoms with Crippen molar-refractivity contribution in [2.45, 2.75) is 38.5 Å². The van der Waals surface area contributed by atoms with E-state index in [1.807, 2.05) is 11.0 Å². The van der Waals surface area contributed by atoms with Gasteiger partial charge in [0.25, 0.3) is 0 Å². The van der Waals surface area contributed by atoms with Crippen molar-refractivity contribution in [2.75, 3.05) is 13.1 Å². The second-order valence-corrected chi connectivity index (χ2v) is 6.57. The molecule has 1 amide bonds. The zero-order chi connectivity index (χ0) is 15.5. The van der Waals surface area contributed by atoms with Crippen LogP contribution < -0.4 is 0 Å². The number of benzene rings is 1. The Morgan fingerprint density at radius 3 is 2.45 bits per heavy atom. The van der Waals surface area contributed by atoms with Gasteiger partial charge in [-0.3, -0.25) is 9.59 Å². The minimum absolute atomic E-state index is 0.103. The number of fused-ring (bicyclic) bond motifs is 1. The third-order valence-electron chi connectivity index (χ3n) is 5.09. The van der Waals surface area contributed by atoms with Crippen LogP contribution in [0.3, 0.4) is 0 Å². The molecule has 1 aromatic carbocycles. The molecule has 0 radical (unpaired) electrons. The molecule has 1 saturated heterocycles. The molecule has 1 atom stereocenters. The Balaban J connectivity index is 1.56. The number of carbonyl (C=O) groups excluding carboxylic acids is 1. The Morgan fingerprint density at radius 1 is 1.09 bits per heavy atom. The van der Waals surface area contributed by atoms with E-state index in [1.165, 1.54) is 11.1 Å². The van der Waals surface area contributed by atoms with Crippen molar-refractivity contribution < 1.29 is 14.7 Å². The number of carbonyl (C=O) groups is 2. The zero-order valence-corrected chi connectivity index (χ0v) is 12.8. The normalized spacial score (nSPS) is 22.2. The van der Waals surface area contributed by atoms with Crippen LogP contribution in [0.5, 0.6) is 0 Å². The molecule has 4 nitrogen and oxygen atoms in total. The summed E-state index contributed by atoms with van der Waals surface area (Å²) in [5.74, 6) is -0.128. The van der Waals surface area contributed by atoms with Gasteiger partial charge in [-0.1, -0.05) is 24.3 Å². The fraction of sp³-hybridized carbons (Fsp3) is 0.556. The van der Waals surface area contributed by atoms with Crippen LogP contribution in [0.4, 0.5) is 0 Å². The highest BCUT2D eigenvalue weighted by Crippen LogP contribution is 2.28. The number of carboxylic acids is 1. The minimum atomic E-state index is -0.728. The van der Waals surface area contributed by atoms with Crippen molar-refractivity contribution in [1.29, 1.82) is 0 Å². The molecule has 1 N–H and O–H groups in total. The molecule has 3 rings (SSSR count). The van der Waals surface area contributed by atoms with Crippen molar-refractivity contribution in [3.05, 3.63) is 35.4 Å². The zero-order valence-electron chi connectivity index (χ0n) is 12.8. The van der Waals surface area contributed by atoms with E-state index in [2.05, 4.69) is 18.2 Å². The fourth-order valence-corrected chi connectivity index (χ4v) is 3.77. The van der Waals surface area contributed by atoms with Crippen LogP contribution in [0.15, 0.2) is 24.3 Å². The van der Waals surface area contributed by atoms with Gasteiger partial charge in [-0.2, -0.15) is 0 Å². The number of rotatable bonds is 3. The number of aryl methyl sites for hydroxylation is 1. The van der Waals surface area contributed by atoms with Crippen molar-refractivity contribution in [3.63, 3.8) is 0 Å². The molecule has 22 heavy (non-hydrogen) atoms. The highest BCUT2D eigenvalue weighted by atomic mass is 16.4. The van der Waals surface area contributed by atoms with Crippen LogP contribution in [0.1, 0.15) is 36.8 Å². The van der Waals surface area contributed by atoms with Crippen LogP contribution in [-0.2, 0) is 22.4 Å². The van der Waals surface area contributed by atoms with Gasteiger partial charge in [0.15, 0.2) is 0 Å². The van der Waals surface area contributed by atoms with E-state index in [0.29, 0.717) is 0 Å². The number of piperidine rings is 1. The third kappa shape index (κ3) is 3.32. The molecule has 0 bridgehead atoms. The Labute approximate surface area is 131 Å². The number of amides is 1. The SMILES string of the molecule is O=C(O)CC1CCN(C(=O)C2CCc3ccccc3C2)CC1. The predicted molar refractivity (Wildman–Crippen MR) is 83.5 cm³/mol. The van der Waals surface area contributed by atoms with E-state index in [9.17, 15) is 9.59 Å². The molecule has 4 heteroatoms. The van der Waals surface area contributed by atoms with Crippen molar-refractivity contribution >= 4 is 11.9 Å². The molecule has 0 aromatic heterocycles. The van der Waals surface area contributed by atoms with Gasteiger partial charge in [-0.25, -0.2) is 0 Å². The summed E-state index contributed by atoms with van der Waals surface area (Å²) in [6, 6.07) is 8.40. The second kappa shape index (κ2) is 6.51. The highest BCUT2D eigenvalue weighted by molar-refractivity contribution is 5.79. The van der Waals surface area contributed by atoms with Crippen LogP contribution in [0.2, 0.25) is 0 Å². The van der Waals surface area contributed by atoms with E-state index >= 15 is 0 Å². The van der Waals surface area contributed by atoms with Gasteiger partial charge in [0.2, 0.25) is 5.91 Å². The summed E-state index contributed by atoms with van der Waals surface area (Å²) in [7, 11) is 0. The van der Waals surface area contributed by atoms with E-state index in [4.69, 9.17) is 5.11 Å². The lowest BCUT2D eigenvalue weighted by Gasteiger charge is -2.35. The molecule has 1 aromatic rings. The number of carboxylic acid groups (broad SMARTS) is 1. The lowest BCUT2D eigenvalue weighted by Crippen LogP contribution is -2.43. The number of aliphatic carboxylic acids is 1. The summed E-state index contributed by atoms with van der Waals surface area (Å²) in [5.41, 5.74) is 2.69. The summed E-state index contributed by atoms with van der Waals surface area (Å²) in [4.78, 5) is 25.4. The molecule has 1 heterocycles. The smallest absolute Gasteiger partial charge is 0.303 e. The van der Waals surface area contributed by atoms with Gasteiger partial charge in [0.1, 0.15) is 0 Å². The molecule has 2 aliphatic rings. The van der Waals surface area contributed by atoms with E-state index < -0.39 is 5.97 Å². The summed E-state index contributed by atoms with van der Waals surface area (Å²) >= 11 is 0. The molecule has 1 unspecified atom stereocenters. The van der Waals surface area contributed by atoms with Crippen LogP contribution in [0, 0.1) is 11.8 Å². The van der Waals surface area contributed by atoms with Crippen LogP contribution in [-0.4, -0.2) is 35.0 Å². The van der Waals surface area contributed by atoms with Gasteiger partial charge in [-0.15, -0.1) is 0 Å². The minimum Gasteiger partial charge on any atom is -0.481 e.